The van der Waals surface area contributed by atoms with Gasteiger partial charge in [-0.05, 0) is 36.4 Å². The summed E-state index contributed by atoms with van der Waals surface area (Å²) in [5, 5.41) is 15.6. The van der Waals surface area contributed by atoms with Gasteiger partial charge in [0.1, 0.15) is 0 Å². The fourth-order valence-electron chi connectivity index (χ4n) is 2.56. The number of carbonyl (C=O) groups excluding carboxylic acids is 1. The summed E-state index contributed by atoms with van der Waals surface area (Å²) in [5.41, 5.74) is 4.29. The molecule has 7 nitrogen and oxygen atoms in total. The zero-order valence-electron chi connectivity index (χ0n) is 14.1. The van der Waals surface area contributed by atoms with Gasteiger partial charge in [0.2, 0.25) is 5.91 Å². The van der Waals surface area contributed by atoms with E-state index in [1.54, 1.807) is 30.3 Å². The van der Waals surface area contributed by atoms with Crippen LogP contribution in [0.1, 0.15) is 11.3 Å². The van der Waals surface area contributed by atoms with Gasteiger partial charge in [0.05, 0.1) is 23.3 Å². The minimum absolute atomic E-state index is 0.0896. The van der Waals surface area contributed by atoms with Crippen LogP contribution in [-0.4, -0.2) is 21.6 Å². The summed E-state index contributed by atoms with van der Waals surface area (Å²) < 4.78 is 1.88. The summed E-state index contributed by atoms with van der Waals surface area (Å²) in [6, 6.07) is 17.1. The molecule has 1 aromatic heterocycles. The van der Waals surface area contributed by atoms with Gasteiger partial charge in [-0.15, -0.1) is 0 Å². The highest BCUT2D eigenvalue weighted by Gasteiger charge is 2.15. The topological polar surface area (TPSA) is 89.5 Å². The Morgan fingerprint density at radius 3 is 2.63 bits per heavy atom. The number of hydrogen-bond acceptors (Lipinski definition) is 4. The molecule has 0 saturated carbocycles. The Bertz CT molecular complexity index is 996. The maximum Gasteiger partial charge on any atom is 0.273 e. The van der Waals surface area contributed by atoms with Gasteiger partial charge in [0, 0.05) is 28.5 Å². The normalized spacial score (nSPS) is 10.9. The van der Waals surface area contributed by atoms with E-state index in [0.717, 1.165) is 11.4 Å². The van der Waals surface area contributed by atoms with Gasteiger partial charge in [-0.2, -0.15) is 5.10 Å². The first-order chi connectivity index (χ1) is 13.0. The number of para-hydroxylation sites is 1. The lowest BCUT2D eigenvalue weighted by Crippen LogP contribution is -2.20. The van der Waals surface area contributed by atoms with Crippen molar-refractivity contribution in [1.82, 2.24) is 9.99 Å². The molecule has 1 amide bonds. The zero-order chi connectivity index (χ0) is 19.2. The van der Waals surface area contributed by atoms with Crippen molar-refractivity contribution in [3.8, 4) is 5.69 Å². The molecule has 0 fully saturated rings. The molecule has 3 aromatic rings. The predicted octanol–water partition coefficient (Wildman–Crippen LogP) is 3.73. The number of hydrogen-bond donors (Lipinski definition) is 1. The maximum atomic E-state index is 12.0. The van der Waals surface area contributed by atoms with Crippen molar-refractivity contribution in [3.05, 3.63) is 93.3 Å². The smallest absolute Gasteiger partial charge is 0.273 e. The lowest BCUT2D eigenvalue weighted by atomic mass is 10.1. The van der Waals surface area contributed by atoms with Crippen molar-refractivity contribution < 1.29 is 9.72 Å². The van der Waals surface area contributed by atoms with Crippen LogP contribution < -0.4 is 5.43 Å². The Labute approximate surface area is 160 Å². The summed E-state index contributed by atoms with van der Waals surface area (Å²) >= 11 is 5.90. The molecule has 0 aliphatic heterocycles. The minimum Gasteiger partial charge on any atom is -0.316 e. The SMILES string of the molecule is O=C(Cc1ccccc1[N+](=O)[O-])N/N=C/c1cccn1-c1ccc(Cl)cc1. The fraction of sp³-hybridized carbons (Fsp3) is 0.0526. The van der Waals surface area contributed by atoms with Gasteiger partial charge >= 0.3 is 0 Å². The highest BCUT2D eigenvalue weighted by atomic mass is 35.5. The molecular formula is C19H15ClN4O3. The molecule has 1 heterocycles. The van der Waals surface area contributed by atoms with Gasteiger partial charge < -0.3 is 4.57 Å². The summed E-state index contributed by atoms with van der Waals surface area (Å²) in [6.45, 7) is 0. The number of halogens is 1. The van der Waals surface area contributed by atoms with Gasteiger partial charge in [-0.1, -0.05) is 29.8 Å². The molecule has 0 aliphatic carbocycles. The maximum absolute atomic E-state index is 12.0. The second-order valence-electron chi connectivity index (χ2n) is 5.64. The molecular weight excluding hydrogens is 368 g/mol. The number of nitrogens with one attached hydrogen (secondary N) is 1. The van der Waals surface area contributed by atoms with E-state index < -0.39 is 10.8 Å². The Kier molecular flexibility index (Phi) is 5.63. The van der Waals surface area contributed by atoms with Crippen molar-refractivity contribution in [2.45, 2.75) is 6.42 Å². The van der Waals surface area contributed by atoms with Crippen LogP contribution in [0.4, 0.5) is 5.69 Å². The quantitative estimate of drug-likeness (QED) is 0.400. The van der Waals surface area contributed by atoms with E-state index in [-0.39, 0.29) is 12.1 Å². The summed E-state index contributed by atoms with van der Waals surface area (Å²) in [7, 11) is 0. The van der Waals surface area contributed by atoms with E-state index in [1.807, 2.05) is 35.0 Å². The zero-order valence-corrected chi connectivity index (χ0v) is 14.8. The lowest BCUT2D eigenvalue weighted by Gasteiger charge is -2.06. The molecule has 0 bridgehead atoms. The molecule has 0 saturated heterocycles. The number of rotatable bonds is 6. The molecule has 3 rings (SSSR count). The average Bonchev–Trinajstić information content (AvgIpc) is 3.11. The van der Waals surface area contributed by atoms with E-state index in [2.05, 4.69) is 10.5 Å². The van der Waals surface area contributed by atoms with Crippen LogP contribution in [0, 0.1) is 10.1 Å². The number of nitro groups is 1. The molecule has 0 aliphatic rings. The van der Waals surface area contributed by atoms with Crippen LogP contribution in [0.25, 0.3) is 5.69 Å². The molecule has 0 unspecified atom stereocenters. The Morgan fingerprint density at radius 2 is 1.89 bits per heavy atom. The molecule has 2 aromatic carbocycles. The van der Waals surface area contributed by atoms with Crippen molar-refractivity contribution in [1.29, 1.82) is 0 Å². The highest BCUT2D eigenvalue weighted by molar-refractivity contribution is 6.30. The van der Waals surface area contributed by atoms with Crippen molar-refractivity contribution in [2.24, 2.45) is 5.10 Å². The number of benzene rings is 2. The average molecular weight is 383 g/mol. The Hall–Kier alpha value is -3.45. The van der Waals surface area contributed by atoms with Gasteiger partial charge in [0.15, 0.2) is 0 Å². The van der Waals surface area contributed by atoms with Crippen LogP contribution in [-0.2, 0) is 11.2 Å². The highest BCUT2D eigenvalue weighted by Crippen LogP contribution is 2.18. The van der Waals surface area contributed by atoms with Crippen LogP contribution in [0.15, 0.2) is 72.0 Å². The van der Waals surface area contributed by atoms with Crippen LogP contribution in [0.5, 0.6) is 0 Å². The number of hydrazone groups is 1. The van der Waals surface area contributed by atoms with E-state index in [4.69, 9.17) is 11.6 Å². The van der Waals surface area contributed by atoms with Crippen molar-refractivity contribution in [2.75, 3.05) is 0 Å². The monoisotopic (exact) mass is 382 g/mol. The molecule has 27 heavy (non-hydrogen) atoms. The third-order valence-electron chi connectivity index (χ3n) is 3.81. The number of nitrogens with zero attached hydrogens (tertiary/aromatic N) is 3. The number of amides is 1. The standard InChI is InChI=1S/C19H15ClN4O3/c20-15-7-9-16(10-8-15)23-11-3-5-17(23)13-21-22-19(25)12-14-4-1-2-6-18(14)24(26)27/h1-11,13H,12H2,(H,22,25)/b21-13+. The second-order valence-corrected chi connectivity index (χ2v) is 6.07. The third-order valence-corrected chi connectivity index (χ3v) is 4.06. The van der Waals surface area contributed by atoms with Gasteiger partial charge in [-0.3, -0.25) is 14.9 Å². The van der Waals surface area contributed by atoms with Crippen LogP contribution >= 0.6 is 11.6 Å². The van der Waals surface area contributed by atoms with E-state index in [9.17, 15) is 14.9 Å². The fourth-order valence-corrected chi connectivity index (χ4v) is 2.68. The van der Waals surface area contributed by atoms with Gasteiger partial charge in [-0.25, -0.2) is 5.43 Å². The molecule has 0 radical (unpaired) electrons. The molecule has 8 heteroatoms. The largest absolute Gasteiger partial charge is 0.316 e. The number of carbonyl (C=O) groups is 1. The molecule has 1 N–H and O–H groups in total. The first kappa shape index (κ1) is 18.3. The van der Waals surface area contributed by atoms with Crippen LogP contribution in [0.3, 0.4) is 0 Å². The van der Waals surface area contributed by atoms with Crippen LogP contribution in [0.2, 0.25) is 5.02 Å². The van der Waals surface area contributed by atoms with Crippen molar-refractivity contribution in [3.63, 3.8) is 0 Å². The van der Waals surface area contributed by atoms with Gasteiger partial charge in [0.25, 0.3) is 5.69 Å². The van der Waals surface area contributed by atoms with E-state index in [1.165, 1.54) is 12.3 Å². The summed E-state index contributed by atoms with van der Waals surface area (Å²) in [6.07, 6.45) is 3.23. The van der Waals surface area contributed by atoms with Crippen molar-refractivity contribution >= 4 is 29.4 Å². The third kappa shape index (κ3) is 4.59. The Morgan fingerprint density at radius 1 is 1.15 bits per heavy atom. The summed E-state index contributed by atoms with van der Waals surface area (Å²) in [5.74, 6) is -0.440. The first-order valence-electron chi connectivity index (χ1n) is 8.02. The predicted molar refractivity (Wildman–Crippen MR) is 103 cm³/mol. The molecule has 136 valence electrons. The lowest BCUT2D eigenvalue weighted by molar-refractivity contribution is -0.385. The Balaban J connectivity index is 1.67. The second kappa shape index (κ2) is 8.29. The van der Waals surface area contributed by atoms with E-state index in [0.29, 0.717) is 10.6 Å². The molecule has 0 atom stereocenters. The summed E-state index contributed by atoms with van der Waals surface area (Å²) in [4.78, 5) is 22.5. The van der Waals surface area contributed by atoms with E-state index >= 15 is 0 Å². The first-order valence-corrected chi connectivity index (χ1v) is 8.40. The molecule has 0 spiro atoms. The minimum atomic E-state index is -0.509. The number of nitro benzene ring substituents is 1. The number of aromatic nitrogens is 1.